The van der Waals surface area contributed by atoms with Crippen LogP contribution < -0.4 is 5.32 Å². The fourth-order valence-corrected chi connectivity index (χ4v) is 2.80. The van der Waals surface area contributed by atoms with Gasteiger partial charge >= 0.3 is 0 Å². The van der Waals surface area contributed by atoms with E-state index in [2.05, 4.69) is 21.2 Å². The first-order chi connectivity index (χ1) is 8.09. The van der Waals surface area contributed by atoms with Gasteiger partial charge < -0.3 is 14.8 Å². The van der Waals surface area contributed by atoms with Gasteiger partial charge in [0.15, 0.2) is 0 Å². The van der Waals surface area contributed by atoms with Crippen LogP contribution >= 0.6 is 15.9 Å². The van der Waals surface area contributed by atoms with Crippen molar-refractivity contribution in [1.82, 2.24) is 14.8 Å². The lowest BCUT2D eigenvalue weighted by Crippen LogP contribution is -2.44. The minimum atomic E-state index is 0.102. The Bertz CT molecular complexity index is 410. The maximum Gasteiger partial charge on any atom is 0.270 e. The Morgan fingerprint density at radius 3 is 2.71 bits per heavy atom. The van der Waals surface area contributed by atoms with Crippen LogP contribution in [-0.2, 0) is 7.05 Å². The summed E-state index contributed by atoms with van der Waals surface area (Å²) in [6.07, 6.45) is 3.98. The lowest BCUT2D eigenvalue weighted by molar-refractivity contribution is 0.0693. The number of nitrogens with zero attached hydrogens (tertiary/aromatic N) is 2. The second-order valence-corrected chi connectivity index (χ2v) is 5.47. The number of aromatic nitrogens is 1. The highest BCUT2D eigenvalue weighted by molar-refractivity contribution is 9.10. The Kier molecular flexibility index (Phi) is 3.89. The molecule has 1 saturated heterocycles. The van der Waals surface area contributed by atoms with E-state index < -0.39 is 0 Å². The third-order valence-electron chi connectivity index (χ3n) is 3.37. The Hall–Kier alpha value is -0.810. The lowest BCUT2D eigenvalue weighted by Gasteiger charge is -2.31. The van der Waals surface area contributed by atoms with E-state index in [9.17, 15) is 4.79 Å². The molecule has 1 aromatic rings. The van der Waals surface area contributed by atoms with E-state index in [0.29, 0.717) is 6.04 Å². The third-order valence-corrected chi connectivity index (χ3v) is 3.80. The lowest BCUT2D eigenvalue weighted by atomic mass is 10.1. The van der Waals surface area contributed by atoms with E-state index in [0.717, 1.165) is 36.1 Å². The number of halogens is 1. The van der Waals surface area contributed by atoms with Crippen LogP contribution in [0.2, 0.25) is 0 Å². The van der Waals surface area contributed by atoms with E-state index in [1.165, 1.54) is 0 Å². The molecule has 17 heavy (non-hydrogen) atoms. The average molecular weight is 300 g/mol. The molecule has 0 aliphatic carbocycles. The maximum atomic E-state index is 12.3. The first-order valence-corrected chi connectivity index (χ1v) is 6.68. The van der Waals surface area contributed by atoms with Gasteiger partial charge in [0.1, 0.15) is 5.69 Å². The molecule has 2 rings (SSSR count). The number of hydrogen-bond acceptors (Lipinski definition) is 2. The molecular weight excluding hydrogens is 282 g/mol. The predicted octanol–water partition coefficient (Wildman–Crippen LogP) is 1.61. The van der Waals surface area contributed by atoms with Gasteiger partial charge in [0, 0.05) is 30.8 Å². The summed E-state index contributed by atoms with van der Waals surface area (Å²) in [5.74, 6) is 0.102. The van der Waals surface area contributed by atoms with Gasteiger partial charge in [-0.3, -0.25) is 4.79 Å². The summed E-state index contributed by atoms with van der Waals surface area (Å²) < 4.78 is 2.81. The molecule has 1 aromatic heterocycles. The summed E-state index contributed by atoms with van der Waals surface area (Å²) >= 11 is 3.39. The summed E-state index contributed by atoms with van der Waals surface area (Å²) in [4.78, 5) is 14.2. The van der Waals surface area contributed by atoms with Gasteiger partial charge in [-0.2, -0.15) is 0 Å². The first-order valence-electron chi connectivity index (χ1n) is 5.89. The maximum absolute atomic E-state index is 12.3. The van der Waals surface area contributed by atoms with Crippen molar-refractivity contribution < 1.29 is 4.79 Å². The van der Waals surface area contributed by atoms with E-state index in [1.54, 1.807) is 0 Å². The largest absolute Gasteiger partial charge is 0.345 e. The Balaban J connectivity index is 2.11. The molecule has 0 bridgehead atoms. The number of aryl methyl sites for hydroxylation is 1. The molecule has 1 aliphatic rings. The summed E-state index contributed by atoms with van der Waals surface area (Å²) in [6.45, 7) is 2.00. The Morgan fingerprint density at radius 1 is 1.53 bits per heavy atom. The van der Waals surface area contributed by atoms with Crippen molar-refractivity contribution in [3.05, 3.63) is 22.4 Å². The molecule has 1 fully saturated rings. The molecule has 1 aliphatic heterocycles. The highest BCUT2D eigenvalue weighted by Gasteiger charge is 2.24. The van der Waals surface area contributed by atoms with Crippen molar-refractivity contribution in [3.8, 4) is 0 Å². The average Bonchev–Trinajstić information content (AvgIpc) is 2.68. The van der Waals surface area contributed by atoms with Crippen LogP contribution in [0, 0.1) is 0 Å². The minimum Gasteiger partial charge on any atom is -0.345 e. The summed E-state index contributed by atoms with van der Waals surface area (Å²) in [5, 5.41) is 3.31. The summed E-state index contributed by atoms with van der Waals surface area (Å²) in [5.41, 5.74) is 0.734. The van der Waals surface area contributed by atoms with Crippen LogP contribution in [0.3, 0.4) is 0 Å². The molecule has 1 N–H and O–H groups in total. The molecule has 94 valence electrons. The Morgan fingerprint density at radius 2 is 2.18 bits per heavy atom. The second-order valence-electron chi connectivity index (χ2n) is 4.55. The fraction of sp³-hybridized carbons (Fsp3) is 0.583. The predicted molar refractivity (Wildman–Crippen MR) is 71.1 cm³/mol. The molecule has 0 unspecified atom stereocenters. The quantitative estimate of drug-likeness (QED) is 0.901. The minimum absolute atomic E-state index is 0.102. The smallest absolute Gasteiger partial charge is 0.270 e. The number of carbonyl (C=O) groups excluding carboxylic acids is 1. The highest BCUT2D eigenvalue weighted by Crippen LogP contribution is 2.18. The van der Waals surface area contributed by atoms with E-state index >= 15 is 0 Å². The number of piperidine rings is 1. The van der Waals surface area contributed by atoms with Gasteiger partial charge in [-0.1, -0.05) is 0 Å². The van der Waals surface area contributed by atoms with Crippen molar-refractivity contribution >= 4 is 21.8 Å². The number of nitrogens with one attached hydrogen (secondary N) is 1. The van der Waals surface area contributed by atoms with Gasteiger partial charge in [-0.15, -0.1) is 0 Å². The van der Waals surface area contributed by atoms with Crippen molar-refractivity contribution in [1.29, 1.82) is 0 Å². The molecule has 0 atom stereocenters. The second kappa shape index (κ2) is 5.23. The molecule has 4 nitrogen and oxygen atoms in total. The normalized spacial score (nSPS) is 17.1. The van der Waals surface area contributed by atoms with Crippen LogP contribution in [0.1, 0.15) is 23.3 Å². The van der Waals surface area contributed by atoms with Crippen molar-refractivity contribution in [2.24, 2.45) is 7.05 Å². The van der Waals surface area contributed by atoms with Gasteiger partial charge in [-0.25, -0.2) is 0 Å². The molecule has 0 spiro atoms. The highest BCUT2D eigenvalue weighted by atomic mass is 79.9. The zero-order valence-corrected chi connectivity index (χ0v) is 11.8. The standard InChI is InChI=1S/C12H18BrN3O/c1-15-8-9(13)7-11(15)12(17)16(2)10-3-5-14-6-4-10/h7-8,10,14H,3-6H2,1-2H3. The van der Waals surface area contributed by atoms with E-state index in [4.69, 9.17) is 0 Å². The van der Waals surface area contributed by atoms with Gasteiger partial charge in [0.05, 0.1) is 0 Å². The SMILES string of the molecule is CN(C(=O)c1cc(Br)cn1C)C1CCNCC1. The van der Waals surface area contributed by atoms with Crippen LogP contribution in [-0.4, -0.2) is 41.6 Å². The molecule has 5 heteroatoms. The number of carbonyl (C=O) groups is 1. The summed E-state index contributed by atoms with van der Waals surface area (Å²) in [6, 6.07) is 2.23. The van der Waals surface area contributed by atoms with Crippen LogP contribution in [0.15, 0.2) is 16.7 Å². The third kappa shape index (κ3) is 2.72. The van der Waals surface area contributed by atoms with E-state index in [-0.39, 0.29) is 5.91 Å². The number of hydrogen-bond donors (Lipinski definition) is 1. The summed E-state index contributed by atoms with van der Waals surface area (Å²) in [7, 11) is 3.80. The van der Waals surface area contributed by atoms with Crippen LogP contribution in [0.5, 0.6) is 0 Å². The van der Waals surface area contributed by atoms with Crippen molar-refractivity contribution in [2.75, 3.05) is 20.1 Å². The fourth-order valence-electron chi connectivity index (χ4n) is 2.28. The topological polar surface area (TPSA) is 37.3 Å². The monoisotopic (exact) mass is 299 g/mol. The van der Waals surface area contributed by atoms with Gasteiger partial charge in [0.25, 0.3) is 5.91 Å². The zero-order chi connectivity index (χ0) is 12.4. The molecule has 0 aromatic carbocycles. The van der Waals surface area contributed by atoms with Crippen LogP contribution in [0.25, 0.3) is 0 Å². The molecule has 2 heterocycles. The molecule has 1 amide bonds. The molecule has 0 saturated carbocycles. The first kappa shape index (κ1) is 12.6. The molecular formula is C12H18BrN3O. The van der Waals surface area contributed by atoms with Gasteiger partial charge in [0.2, 0.25) is 0 Å². The van der Waals surface area contributed by atoms with Crippen LogP contribution in [0.4, 0.5) is 0 Å². The molecule has 0 radical (unpaired) electrons. The van der Waals surface area contributed by atoms with Crippen molar-refractivity contribution in [3.63, 3.8) is 0 Å². The van der Waals surface area contributed by atoms with Gasteiger partial charge in [-0.05, 0) is 47.9 Å². The number of amides is 1. The zero-order valence-electron chi connectivity index (χ0n) is 10.2. The van der Waals surface area contributed by atoms with Crippen molar-refractivity contribution in [2.45, 2.75) is 18.9 Å². The van der Waals surface area contributed by atoms with E-state index in [1.807, 2.05) is 35.8 Å². The Labute approximate surface area is 110 Å². The number of rotatable bonds is 2.